The predicted molar refractivity (Wildman–Crippen MR) is 161 cm³/mol. The maximum absolute atomic E-state index is 14.5. The smallest absolute Gasteiger partial charge is 0.273 e. The van der Waals surface area contributed by atoms with Crippen LogP contribution < -0.4 is 26.6 Å². The zero-order chi connectivity index (χ0) is 29.1. The molecule has 0 bridgehead atoms. The Morgan fingerprint density at radius 1 is 1.07 bits per heavy atom. The Balaban J connectivity index is 1.68. The Morgan fingerprint density at radius 3 is 2.46 bits per heavy atom. The zero-order valence-corrected chi connectivity index (χ0v) is 23.7. The molecule has 212 valence electrons. The Hall–Kier alpha value is -4.48. The van der Waals surface area contributed by atoms with Gasteiger partial charge in [-0.15, -0.1) is 0 Å². The number of anilines is 3. The van der Waals surface area contributed by atoms with E-state index in [1.54, 1.807) is 6.07 Å². The second-order valence-electron chi connectivity index (χ2n) is 10.1. The van der Waals surface area contributed by atoms with Gasteiger partial charge in [-0.1, -0.05) is 48.5 Å². The van der Waals surface area contributed by atoms with Crippen LogP contribution in [0.1, 0.15) is 44.6 Å². The Morgan fingerprint density at radius 2 is 1.80 bits per heavy atom. The first-order valence-electron chi connectivity index (χ1n) is 13.3. The molecule has 0 unspecified atom stereocenters. The Bertz CT molecular complexity index is 1570. The van der Waals surface area contributed by atoms with Gasteiger partial charge in [0.15, 0.2) is 5.69 Å². The minimum atomic E-state index is -1.08. The second kappa shape index (κ2) is 11.9. The molecule has 0 radical (unpaired) electrons. The van der Waals surface area contributed by atoms with Crippen molar-refractivity contribution in [1.29, 1.82) is 0 Å². The molecule has 0 spiro atoms. The van der Waals surface area contributed by atoms with Gasteiger partial charge in [0, 0.05) is 38.3 Å². The molecule has 1 aromatic heterocycles. The van der Waals surface area contributed by atoms with Crippen molar-refractivity contribution < 1.29 is 19.1 Å². The largest absolute Gasteiger partial charge is 0.395 e. The molecule has 1 aliphatic rings. The summed E-state index contributed by atoms with van der Waals surface area (Å²) in [7, 11) is 3.85. The van der Waals surface area contributed by atoms with Crippen molar-refractivity contribution in [3.63, 3.8) is 0 Å². The average Bonchev–Trinajstić information content (AvgIpc) is 3.64. The molecule has 1 aliphatic heterocycles. The molecule has 1 fully saturated rings. The van der Waals surface area contributed by atoms with E-state index in [-0.39, 0.29) is 28.3 Å². The third kappa shape index (κ3) is 5.72. The number of nitrogens with two attached hydrogens (primary N) is 2. The highest BCUT2D eigenvalue weighted by Gasteiger charge is 2.37. The molecule has 11 heteroatoms. The minimum absolute atomic E-state index is 0.0218. The fraction of sp³-hybridized carbons (Fsp3) is 0.267. The summed E-state index contributed by atoms with van der Waals surface area (Å²) in [5.41, 5.74) is 13.4. The third-order valence-corrected chi connectivity index (χ3v) is 8.01. The predicted octanol–water partition coefficient (Wildman–Crippen LogP) is 3.73. The standard InChI is InChI=1S/C30H32N6O4S/c1-35(2)20-14-12-19(13-15-20)26(29(38)33-17-21-9-6-16-40-21)36(23-11-5-8-18-7-3-4-10-22(18)23)30(39)27-24(31)25(28(32)37)34-41-27/h3-5,7-8,10-15,21,26H,6,9,16-17,31H2,1-2H3,(H2,32,37)(H,33,38)/t21-,26-/m0/s1. The molecular weight excluding hydrogens is 540 g/mol. The molecule has 41 heavy (non-hydrogen) atoms. The molecule has 4 aromatic rings. The van der Waals surface area contributed by atoms with E-state index in [1.165, 1.54) is 4.90 Å². The molecule has 3 aromatic carbocycles. The number of aromatic nitrogens is 1. The van der Waals surface area contributed by atoms with Gasteiger partial charge in [0.25, 0.3) is 11.8 Å². The summed E-state index contributed by atoms with van der Waals surface area (Å²) in [6, 6.07) is 19.6. The Labute approximate surface area is 242 Å². The van der Waals surface area contributed by atoms with E-state index in [9.17, 15) is 14.4 Å². The van der Waals surface area contributed by atoms with E-state index >= 15 is 0 Å². The second-order valence-corrected chi connectivity index (χ2v) is 10.9. The van der Waals surface area contributed by atoms with Gasteiger partial charge < -0.3 is 26.4 Å². The topological polar surface area (TPSA) is 144 Å². The normalized spacial score (nSPS) is 15.4. The molecule has 5 rings (SSSR count). The van der Waals surface area contributed by atoms with Crippen LogP contribution in [-0.2, 0) is 9.53 Å². The van der Waals surface area contributed by atoms with Gasteiger partial charge in [0.05, 0.1) is 17.5 Å². The zero-order valence-electron chi connectivity index (χ0n) is 22.9. The third-order valence-electron chi connectivity index (χ3n) is 7.16. The van der Waals surface area contributed by atoms with E-state index in [1.807, 2.05) is 79.7 Å². The number of nitrogens with zero attached hydrogens (tertiary/aromatic N) is 3. The molecule has 2 heterocycles. The summed E-state index contributed by atoms with van der Waals surface area (Å²) in [6.07, 6.45) is 1.69. The van der Waals surface area contributed by atoms with Crippen LogP contribution in [0.15, 0.2) is 66.7 Å². The van der Waals surface area contributed by atoms with Crippen molar-refractivity contribution in [2.24, 2.45) is 5.73 Å². The van der Waals surface area contributed by atoms with Crippen molar-refractivity contribution >= 4 is 57.1 Å². The summed E-state index contributed by atoms with van der Waals surface area (Å²) in [4.78, 5) is 43.9. The average molecular weight is 573 g/mol. The van der Waals surface area contributed by atoms with E-state index in [2.05, 4.69) is 9.69 Å². The van der Waals surface area contributed by atoms with Gasteiger partial charge in [-0.2, -0.15) is 4.37 Å². The first kappa shape index (κ1) is 28.1. The fourth-order valence-corrected chi connectivity index (χ4v) is 5.75. The lowest BCUT2D eigenvalue weighted by Gasteiger charge is -2.32. The summed E-state index contributed by atoms with van der Waals surface area (Å²) >= 11 is 0.780. The number of carbonyl (C=O) groups is 3. The number of hydrogen-bond acceptors (Lipinski definition) is 8. The number of nitrogens with one attached hydrogen (secondary N) is 1. The highest BCUT2D eigenvalue weighted by Crippen LogP contribution is 2.37. The number of primary amides is 1. The molecular formula is C30H32N6O4S. The van der Waals surface area contributed by atoms with Crippen LogP contribution >= 0.6 is 11.5 Å². The van der Waals surface area contributed by atoms with Crippen LogP contribution in [0.25, 0.3) is 10.8 Å². The monoisotopic (exact) mass is 572 g/mol. The maximum Gasteiger partial charge on any atom is 0.273 e. The highest BCUT2D eigenvalue weighted by molar-refractivity contribution is 7.09. The molecule has 3 amide bonds. The number of fused-ring (bicyclic) bond motifs is 1. The number of nitrogen functional groups attached to an aromatic ring is 1. The van der Waals surface area contributed by atoms with E-state index in [4.69, 9.17) is 16.2 Å². The van der Waals surface area contributed by atoms with Gasteiger partial charge >= 0.3 is 0 Å². The van der Waals surface area contributed by atoms with E-state index < -0.39 is 17.9 Å². The molecule has 2 atom stereocenters. The van der Waals surface area contributed by atoms with Gasteiger partial charge in [0.2, 0.25) is 5.91 Å². The van der Waals surface area contributed by atoms with Gasteiger partial charge in [0.1, 0.15) is 10.9 Å². The molecule has 0 saturated carbocycles. The molecule has 1 saturated heterocycles. The van der Waals surface area contributed by atoms with Crippen molar-refractivity contribution in [3.8, 4) is 0 Å². The quantitative estimate of drug-likeness (QED) is 0.277. The van der Waals surface area contributed by atoms with Crippen LogP contribution in [0.4, 0.5) is 17.1 Å². The first-order valence-corrected chi connectivity index (χ1v) is 14.1. The summed E-state index contributed by atoms with van der Waals surface area (Å²) in [5.74, 6) is -1.78. The van der Waals surface area contributed by atoms with E-state index in [0.29, 0.717) is 24.4 Å². The fourth-order valence-electron chi connectivity index (χ4n) is 5.01. The molecule has 10 nitrogen and oxygen atoms in total. The number of benzene rings is 3. The molecule has 0 aliphatic carbocycles. The van der Waals surface area contributed by atoms with Crippen molar-refractivity contribution in [1.82, 2.24) is 9.69 Å². The summed E-state index contributed by atoms with van der Waals surface area (Å²) in [5, 5.41) is 4.67. The van der Waals surface area contributed by atoms with Crippen LogP contribution in [0, 0.1) is 0 Å². The number of ether oxygens (including phenoxy) is 1. The van der Waals surface area contributed by atoms with Crippen LogP contribution in [-0.4, -0.2) is 55.4 Å². The lowest BCUT2D eigenvalue weighted by atomic mass is 9.99. The van der Waals surface area contributed by atoms with Gasteiger partial charge in [-0.25, -0.2) is 0 Å². The van der Waals surface area contributed by atoms with Crippen molar-refractivity contribution in [3.05, 3.63) is 82.9 Å². The van der Waals surface area contributed by atoms with Crippen LogP contribution in [0.5, 0.6) is 0 Å². The lowest BCUT2D eigenvalue weighted by Crippen LogP contribution is -2.45. The van der Waals surface area contributed by atoms with Crippen molar-refractivity contribution in [2.75, 3.05) is 42.8 Å². The highest BCUT2D eigenvalue weighted by atomic mass is 32.1. The van der Waals surface area contributed by atoms with Crippen LogP contribution in [0.2, 0.25) is 0 Å². The summed E-state index contributed by atoms with van der Waals surface area (Å²) in [6.45, 7) is 0.973. The number of hydrogen-bond donors (Lipinski definition) is 3. The number of rotatable bonds is 9. The minimum Gasteiger partial charge on any atom is -0.395 e. The maximum atomic E-state index is 14.5. The summed E-state index contributed by atoms with van der Waals surface area (Å²) < 4.78 is 9.77. The first-order chi connectivity index (χ1) is 19.8. The van der Waals surface area contributed by atoms with E-state index in [0.717, 1.165) is 40.8 Å². The number of carbonyl (C=O) groups excluding carboxylic acids is 3. The van der Waals surface area contributed by atoms with Gasteiger partial charge in [-0.3, -0.25) is 19.3 Å². The molecule has 5 N–H and O–H groups in total. The Kier molecular flexibility index (Phi) is 8.18. The SMILES string of the molecule is CN(C)c1ccc([C@@H](C(=O)NC[C@@H]2CCCO2)N(C(=O)c2snc(C(N)=O)c2N)c2cccc3ccccc23)cc1. The van der Waals surface area contributed by atoms with Crippen molar-refractivity contribution in [2.45, 2.75) is 25.0 Å². The van der Waals surface area contributed by atoms with Gasteiger partial charge in [-0.05, 0) is 53.5 Å². The number of amides is 3. The lowest BCUT2D eigenvalue weighted by molar-refractivity contribution is -0.123. The van der Waals surface area contributed by atoms with Crippen LogP contribution in [0.3, 0.4) is 0 Å².